The zero-order chi connectivity index (χ0) is 17.6. The average molecular weight is 337 g/mol. The lowest BCUT2D eigenvalue weighted by Gasteiger charge is -2.21. The van der Waals surface area contributed by atoms with Gasteiger partial charge < -0.3 is 15.7 Å². The van der Waals surface area contributed by atoms with Gasteiger partial charge in [0.15, 0.2) is 0 Å². The van der Waals surface area contributed by atoms with Crippen molar-refractivity contribution in [1.29, 1.82) is 0 Å². The van der Waals surface area contributed by atoms with Gasteiger partial charge in [0.25, 0.3) is 10.9 Å². The van der Waals surface area contributed by atoms with Crippen LogP contribution in [0.4, 0.5) is 11.4 Å². The summed E-state index contributed by atoms with van der Waals surface area (Å²) in [7, 11) is 0. The molecule has 128 valence electrons. The molecule has 2 aromatic carbocycles. The van der Waals surface area contributed by atoms with Crippen LogP contribution in [0.25, 0.3) is 0 Å². The van der Waals surface area contributed by atoms with Crippen LogP contribution in [0.5, 0.6) is 0 Å². The quantitative estimate of drug-likeness (QED) is 0.537. The van der Waals surface area contributed by atoms with E-state index >= 15 is 0 Å². The molecule has 0 aliphatic heterocycles. The van der Waals surface area contributed by atoms with Crippen LogP contribution in [0.15, 0.2) is 64.4 Å². The van der Waals surface area contributed by atoms with Crippen LogP contribution in [0.3, 0.4) is 0 Å². The third-order valence-corrected chi connectivity index (χ3v) is 4.02. The fourth-order valence-electron chi connectivity index (χ4n) is 2.65. The molecular weight excluding hydrogens is 318 g/mol. The Kier molecular flexibility index (Phi) is 5.20. The number of nitrogens with zero attached hydrogens (tertiary/aromatic N) is 1. The van der Waals surface area contributed by atoms with Crippen LogP contribution < -0.4 is 21.5 Å². The molecule has 0 saturated carbocycles. The van der Waals surface area contributed by atoms with Gasteiger partial charge in [0.2, 0.25) is 0 Å². The van der Waals surface area contributed by atoms with Gasteiger partial charge in [0.1, 0.15) is 11.4 Å². The highest BCUT2D eigenvalue weighted by molar-refractivity contribution is 5.74. The molecule has 0 spiro atoms. The van der Waals surface area contributed by atoms with E-state index in [1.165, 1.54) is 0 Å². The van der Waals surface area contributed by atoms with Crippen molar-refractivity contribution in [3.63, 3.8) is 0 Å². The second kappa shape index (κ2) is 7.72. The van der Waals surface area contributed by atoms with Crippen molar-refractivity contribution in [2.75, 3.05) is 17.2 Å². The predicted octanol–water partition coefficient (Wildman–Crippen LogP) is 1.31. The lowest BCUT2D eigenvalue weighted by Crippen LogP contribution is -2.41. The van der Waals surface area contributed by atoms with Crippen LogP contribution in [-0.2, 0) is 13.0 Å². The number of nitrogens with one attached hydrogen (secondary N) is 2. The summed E-state index contributed by atoms with van der Waals surface area (Å²) in [6, 6.07) is 13.0. The molecule has 3 rings (SSSR count). The van der Waals surface area contributed by atoms with E-state index in [2.05, 4.69) is 15.6 Å². The van der Waals surface area contributed by atoms with E-state index in [-0.39, 0.29) is 24.0 Å². The first-order valence-electron chi connectivity index (χ1n) is 8.06. The summed E-state index contributed by atoms with van der Waals surface area (Å²) >= 11 is 0. The highest BCUT2D eigenvalue weighted by atomic mass is 16.3. The number of aliphatic hydroxyl groups is 1. The zero-order valence-corrected chi connectivity index (χ0v) is 13.6. The number of rotatable bonds is 8. The molecule has 0 fully saturated rings. The van der Waals surface area contributed by atoms with Crippen molar-refractivity contribution in [3.8, 4) is 0 Å². The smallest absolute Gasteiger partial charge is 0.253 e. The summed E-state index contributed by atoms with van der Waals surface area (Å²) in [5.74, 6) is 0. The predicted molar refractivity (Wildman–Crippen MR) is 97.6 cm³/mol. The maximum Gasteiger partial charge on any atom is 0.253 e. The monoisotopic (exact) mass is 337 g/mol. The van der Waals surface area contributed by atoms with E-state index in [0.29, 0.717) is 13.0 Å². The highest BCUT2D eigenvalue weighted by Crippen LogP contribution is 2.18. The Morgan fingerprint density at radius 2 is 1.60 bits per heavy atom. The molecular formula is C19H19N3O3. The normalized spacial score (nSPS) is 12.0. The lowest BCUT2D eigenvalue weighted by atomic mass is 10.0. The van der Waals surface area contributed by atoms with Gasteiger partial charge in [-0.25, -0.2) is 0 Å². The fourth-order valence-corrected chi connectivity index (χ4v) is 2.65. The molecule has 1 aromatic heterocycles. The zero-order valence-electron chi connectivity index (χ0n) is 13.6. The first-order valence-corrected chi connectivity index (χ1v) is 8.06. The molecule has 0 unspecified atom stereocenters. The Morgan fingerprint density at radius 1 is 0.920 bits per heavy atom. The van der Waals surface area contributed by atoms with Crippen LogP contribution in [0, 0.1) is 0 Å². The second-order valence-corrected chi connectivity index (χ2v) is 5.83. The summed E-state index contributed by atoms with van der Waals surface area (Å²) in [5, 5.41) is 15.6. The van der Waals surface area contributed by atoms with Gasteiger partial charge in [-0.15, -0.1) is 0 Å². The first kappa shape index (κ1) is 16.9. The largest absolute Gasteiger partial charge is 0.394 e. The number of aliphatic hydroxyl groups excluding tert-OH is 1. The minimum absolute atomic E-state index is 0.141. The Hall–Kier alpha value is -2.99. The van der Waals surface area contributed by atoms with Crippen molar-refractivity contribution in [2.45, 2.75) is 19.0 Å². The summed E-state index contributed by atoms with van der Waals surface area (Å²) in [6.07, 6.45) is 3.89. The van der Waals surface area contributed by atoms with Crippen molar-refractivity contribution in [3.05, 3.63) is 86.4 Å². The molecule has 1 heterocycles. The van der Waals surface area contributed by atoms with Crippen LogP contribution in [0.1, 0.15) is 11.1 Å². The van der Waals surface area contributed by atoms with E-state index in [1.54, 1.807) is 12.4 Å². The number of aromatic nitrogens is 1. The number of anilines is 2. The molecule has 0 saturated heterocycles. The third-order valence-electron chi connectivity index (χ3n) is 4.02. The summed E-state index contributed by atoms with van der Waals surface area (Å²) in [6.45, 7) is 0.280. The number of pyridine rings is 1. The van der Waals surface area contributed by atoms with Gasteiger partial charge in [0, 0.05) is 18.9 Å². The second-order valence-electron chi connectivity index (χ2n) is 5.83. The molecule has 0 bridgehead atoms. The van der Waals surface area contributed by atoms with E-state index in [9.17, 15) is 14.7 Å². The van der Waals surface area contributed by atoms with Gasteiger partial charge in [-0.05, 0) is 29.7 Å². The summed E-state index contributed by atoms with van der Waals surface area (Å²) < 4.78 is 0. The van der Waals surface area contributed by atoms with Crippen molar-refractivity contribution >= 4 is 11.4 Å². The minimum Gasteiger partial charge on any atom is -0.394 e. The molecule has 3 aromatic rings. The van der Waals surface area contributed by atoms with E-state index in [4.69, 9.17) is 0 Å². The fraction of sp³-hybridized carbons (Fsp3) is 0.211. The molecule has 0 radical (unpaired) electrons. The summed E-state index contributed by atoms with van der Waals surface area (Å²) in [4.78, 5) is 27.7. The Balaban J connectivity index is 1.68. The lowest BCUT2D eigenvalue weighted by molar-refractivity contribution is 0.273. The molecule has 6 nitrogen and oxygen atoms in total. The third kappa shape index (κ3) is 3.92. The van der Waals surface area contributed by atoms with Gasteiger partial charge in [-0.3, -0.25) is 14.6 Å². The number of benzene rings is 1. The molecule has 1 atom stereocenters. The number of hydrogen-bond acceptors (Lipinski definition) is 6. The Bertz CT molecular complexity index is 887. The molecule has 6 heteroatoms. The SMILES string of the molecule is O=c1c(NCc2ccncc2)c(N[C@@H](CO)Cc2ccccc2)c1=O. The van der Waals surface area contributed by atoms with Crippen molar-refractivity contribution in [1.82, 2.24) is 4.98 Å². The van der Waals surface area contributed by atoms with Gasteiger partial charge in [-0.2, -0.15) is 0 Å². The van der Waals surface area contributed by atoms with Crippen LogP contribution in [0.2, 0.25) is 0 Å². The average Bonchev–Trinajstić information content (AvgIpc) is 2.67. The summed E-state index contributed by atoms with van der Waals surface area (Å²) in [5.41, 5.74) is 1.43. The van der Waals surface area contributed by atoms with Crippen LogP contribution in [-0.4, -0.2) is 22.7 Å². The van der Waals surface area contributed by atoms with E-state index in [0.717, 1.165) is 11.1 Å². The van der Waals surface area contributed by atoms with Crippen molar-refractivity contribution in [2.24, 2.45) is 0 Å². The number of hydrogen-bond donors (Lipinski definition) is 3. The van der Waals surface area contributed by atoms with Gasteiger partial charge >= 0.3 is 0 Å². The van der Waals surface area contributed by atoms with Gasteiger partial charge in [0.05, 0.1) is 12.6 Å². The molecule has 0 aliphatic carbocycles. The maximum atomic E-state index is 11.9. The molecule has 0 aliphatic rings. The maximum absolute atomic E-state index is 11.9. The molecule has 0 amide bonds. The highest BCUT2D eigenvalue weighted by Gasteiger charge is 2.23. The standard InChI is InChI=1S/C19H19N3O3/c23-12-15(10-13-4-2-1-3-5-13)22-17-16(18(24)19(17)25)21-11-14-6-8-20-9-7-14/h1-9,15,21-23H,10-12H2/t15-/m1/s1. The Labute approximate surface area is 144 Å². The first-order chi connectivity index (χ1) is 12.2. The topological polar surface area (TPSA) is 91.3 Å². The van der Waals surface area contributed by atoms with E-state index in [1.807, 2.05) is 42.5 Å². The Morgan fingerprint density at radius 3 is 2.28 bits per heavy atom. The molecule has 3 N–H and O–H groups in total. The van der Waals surface area contributed by atoms with E-state index < -0.39 is 10.9 Å². The van der Waals surface area contributed by atoms with Crippen LogP contribution >= 0.6 is 0 Å². The molecule has 25 heavy (non-hydrogen) atoms. The van der Waals surface area contributed by atoms with Gasteiger partial charge in [-0.1, -0.05) is 30.3 Å². The minimum atomic E-state index is -0.552. The van der Waals surface area contributed by atoms with Crippen molar-refractivity contribution < 1.29 is 5.11 Å².